The molecule has 0 atom stereocenters. The van der Waals surface area contributed by atoms with Gasteiger partial charge in [0.25, 0.3) is 11.8 Å². The molecule has 0 spiro atoms. The number of fused-ring (bicyclic) bond motifs is 1. The number of ether oxygens (including phenoxy) is 1. The SMILES string of the molecule is Cc1ccc(NC(=O)c2cc(Oc3ccc(C(=O)N(C)C)c(F)c3)c3sccc3c2)nc1. The Morgan fingerprint density at radius 3 is 2.59 bits per heavy atom. The lowest BCUT2D eigenvalue weighted by molar-refractivity contribution is 0.0822. The third kappa shape index (κ3) is 4.45. The molecule has 2 aromatic heterocycles. The molecule has 0 saturated heterocycles. The van der Waals surface area contributed by atoms with Gasteiger partial charge in [-0.05, 0) is 59.7 Å². The number of hydrogen-bond donors (Lipinski definition) is 1. The third-order valence-corrected chi connectivity index (χ3v) is 5.68. The van der Waals surface area contributed by atoms with E-state index in [0.29, 0.717) is 17.1 Å². The van der Waals surface area contributed by atoms with Gasteiger partial charge in [0.05, 0.1) is 10.3 Å². The molecule has 1 N–H and O–H groups in total. The van der Waals surface area contributed by atoms with E-state index in [1.807, 2.05) is 24.4 Å². The predicted molar refractivity (Wildman–Crippen MR) is 123 cm³/mol. The van der Waals surface area contributed by atoms with E-state index in [1.54, 1.807) is 38.5 Å². The van der Waals surface area contributed by atoms with Crippen molar-refractivity contribution in [1.29, 1.82) is 0 Å². The Labute approximate surface area is 188 Å². The fourth-order valence-corrected chi connectivity index (χ4v) is 3.92. The molecule has 2 amide bonds. The number of pyridine rings is 1. The summed E-state index contributed by atoms with van der Waals surface area (Å²) in [6.07, 6.45) is 1.67. The Morgan fingerprint density at radius 2 is 1.91 bits per heavy atom. The van der Waals surface area contributed by atoms with Crippen LogP contribution in [0.1, 0.15) is 26.3 Å². The first-order chi connectivity index (χ1) is 15.3. The standard InChI is InChI=1S/C24H20FN3O3S/c1-14-4-7-21(26-13-14)27-23(29)16-10-15-8-9-32-22(15)20(11-16)31-17-5-6-18(19(25)12-17)24(30)28(2)3/h4-13H,1-3H3,(H,26,27,29). The van der Waals surface area contributed by atoms with Gasteiger partial charge in [0.1, 0.15) is 23.1 Å². The molecule has 2 heterocycles. The molecule has 0 aliphatic rings. The molecule has 0 aliphatic heterocycles. The van der Waals surface area contributed by atoms with E-state index < -0.39 is 11.7 Å². The number of hydrogen-bond acceptors (Lipinski definition) is 5. The number of thiophene rings is 1. The van der Waals surface area contributed by atoms with Crippen LogP contribution in [0.5, 0.6) is 11.5 Å². The molecule has 6 nitrogen and oxygen atoms in total. The second-order valence-corrected chi connectivity index (χ2v) is 8.35. The molecular weight excluding hydrogens is 429 g/mol. The van der Waals surface area contributed by atoms with Crippen molar-refractivity contribution in [3.63, 3.8) is 0 Å². The molecule has 0 radical (unpaired) electrons. The maximum atomic E-state index is 14.5. The topological polar surface area (TPSA) is 71.5 Å². The first-order valence-electron chi connectivity index (χ1n) is 9.76. The highest BCUT2D eigenvalue weighted by molar-refractivity contribution is 7.17. The fourth-order valence-electron chi connectivity index (χ4n) is 3.09. The average molecular weight is 450 g/mol. The van der Waals surface area contributed by atoms with Crippen LogP contribution in [0.15, 0.2) is 60.1 Å². The van der Waals surface area contributed by atoms with Crippen molar-refractivity contribution in [1.82, 2.24) is 9.88 Å². The third-order valence-electron chi connectivity index (χ3n) is 4.74. The van der Waals surface area contributed by atoms with E-state index in [-0.39, 0.29) is 17.2 Å². The number of carbonyl (C=O) groups excluding carboxylic acids is 2. The van der Waals surface area contributed by atoms with Gasteiger partial charge < -0.3 is 15.0 Å². The van der Waals surface area contributed by atoms with Crippen molar-refractivity contribution in [3.05, 3.63) is 82.6 Å². The molecule has 0 saturated carbocycles. The quantitative estimate of drug-likeness (QED) is 0.437. The normalized spacial score (nSPS) is 10.8. The maximum absolute atomic E-state index is 14.5. The van der Waals surface area contributed by atoms with Gasteiger partial charge in [0.2, 0.25) is 0 Å². The van der Waals surface area contributed by atoms with Gasteiger partial charge in [-0.3, -0.25) is 9.59 Å². The Kier molecular flexibility index (Phi) is 5.87. The lowest BCUT2D eigenvalue weighted by Crippen LogP contribution is -2.22. The molecule has 4 rings (SSSR count). The summed E-state index contributed by atoms with van der Waals surface area (Å²) in [5.74, 6) is -0.356. The van der Waals surface area contributed by atoms with E-state index in [2.05, 4.69) is 10.3 Å². The highest BCUT2D eigenvalue weighted by Gasteiger charge is 2.17. The predicted octanol–water partition coefficient (Wildman–Crippen LogP) is 5.49. The summed E-state index contributed by atoms with van der Waals surface area (Å²) in [5, 5.41) is 5.49. The van der Waals surface area contributed by atoms with Crippen LogP contribution < -0.4 is 10.1 Å². The lowest BCUT2D eigenvalue weighted by atomic mass is 10.1. The van der Waals surface area contributed by atoms with Crippen LogP contribution in [0.4, 0.5) is 10.2 Å². The summed E-state index contributed by atoms with van der Waals surface area (Å²) in [6, 6.07) is 12.9. The minimum Gasteiger partial charge on any atom is -0.456 e. The Hall–Kier alpha value is -3.78. The first kappa shape index (κ1) is 21.5. The second kappa shape index (κ2) is 8.76. The van der Waals surface area contributed by atoms with Crippen molar-refractivity contribution in [2.24, 2.45) is 0 Å². The van der Waals surface area contributed by atoms with Crippen LogP contribution in [0.3, 0.4) is 0 Å². The van der Waals surface area contributed by atoms with Crippen LogP contribution in [0, 0.1) is 12.7 Å². The number of rotatable bonds is 5. The van der Waals surface area contributed by atoms with Gasteiger partial charge in [-0.25, -0.2) is 9.37 Å². The first-order valence-corrected chi connectivity index (χ1v) is 10.6. The summed E-state index contributed by atoms with van der Waals surface area (Å²) in [5.41, 5.74) is 1.33. The molecule has 0 unspecified atom stereocenters. The minimum absolute atomic E-state index is 0.0395. The Morgan fingerprint density at radius 1 is 1.09 bits per heavy atom. The van der Waals surface area contributed by atoms with Crippen molar-refractivity contribution >= 4 is 39.1 Å². The maximum Gasteiger partial charge on any atom is 0.256 e. The molecular formula is C24H20FN3O3S. The van der Waals surface area contributed by atoms with Gasteiger partial charge in [0, 0.05) is 31.9 Å². The van der Waals surface area contributed by atoms with Crippen molar-refractivity contribution in [2.45, 2.75) is 6.92 Å². The average Bonchev–Trinajstić information content (AvgIpc) is 3.24. The largest absolute Gasteiger partial charge is 0.456 e. The van der Waals surface area contributed by atoms with E-state index in [9.17, 15) is 14.0 Å². The van der Waals surface area contributed by atoms with Crippen LogP contribution >= 0.6 is 11.3 Å². The Balaban J connectivity index is 1.63. The number of carbonyl (C=O) groups is 2. The highest BCUT2D eigenvalue weighted by Crippen LogP contribution is 2.36. The van der Waals surface area contributed by atoms with Crippen molar-refractivity contribution in [3.8, 4) is 11.5 Å². The van der Waals surface area contributed by atoms with E-state index >= 15 is 0 Å². The zero-order chi connectivity index (χ0) is 22.8. The van der Waals surface area contributed by atoms with E-state index in [1.165, 1.54) is 34.4 Å². The van der Waals surface area contributed by atoms with E-state index in [4.69, 9.17) is 4.74 Å². The van der Waals surface area contributed by atoms with Crippen LogP contribution in [-0.4, -0.2) is 35.8 Å². The molecule has 4 aromatic rings. The molecule has 32 heavy (non-hydrogen) atoms. The molecule has 162 valence electrons. The molecule has 8 heteroatoms. The van der Waals surface area contributed by atoms with Gasteiger partial charge in [0.15, 0.2) is 0 Å². The number of nitrogens with one attached hydrogen (secondary N) is 1. The minimum atomic E-state index is -0.678. The fraction of sp³-hybridized carbons (Fsp3) is 0.125. The number of anilines is 1. The van der Waals surface area contributed by atoms with Gasteiger partial charge >= 0.3 is 0 Å². The molecule has 0 aliphatic carbocycles. The van der Waals surface area contributed by atoms with Crippen LogP contribution in [0.2, 0.25) is 0 Å². The molecule has 0 bridgehead atoms. The van der Waals surface area contributed by atoms with Gasteiger partial charge in [-0.15, -0.1) is 11.3 Å². The summed E-state index contributed by atoms with van der Waals surface area (Å²) >= 11 is 1.45. The van der Waals surface area contributed by atoms with Crippen LogP contribution in [0.25, 0.3) is 10.1 Å². The van der Waals surface area contributed by atoms with Crippen molar-refractivity contribution < 1.29 is 18.7 Å². The number of nitrogens with zero attached hydrogens (tertiary/aromatic N) is 2. The number of aromatic nitrogens is 1. The number of amides is 2. The Bertz CT molecular complexity index is 1320. The monoisotopic (exact) mass is 449 g/mol. The zero-order valence-corrected chi connectivity index (χ0v) is 18.5. The van der Waals surface area contributed by atoms with E-state index in [0.717, 1.165) is 15.6 Å². The summed E-state index contributed by atoms with van der Waals surface area (Å²) in [7, 11) is 3.12. The summed E-state index contributed by atoms with van der Waals surface area (Å²) < 4.78 is 21.3. The van der Waals surface area contributed by atoms with Gasteiger partial charge in [-0.1, -0.05) is 6.07 Å². The van der Waals surface area contributed by atoms with Crippen molar-refractivity contribution in [2.75, 3.05) is 19.4 Å². The summed E-state index contributed by atoms with van der Waals surface area (Å²) in [4.78, 5) is 30.4. The molecule has 0 fully saturated rings. The van der Waals surface area contributed by atoms with Gasteiger partial charge in [-0.2, -0.15) is 0 Å². The van der Waals surface area contributed by atoms with Crippen LogP contribution in [-0.2, 0) is 0 Å². The smallest absolute Gasteiger partial charge is 0.256 e. The molecule has 2 aromatic carbocycles. The summed E-state index contributed by atoms with van der Waals surface area (Å²) in [6.45, 7) is 1.92. The number of aryl methyl sites for hydroxylation is 1. The number of benzene rings is 2. The zero-order valence-electron chi connectivity index (χ0n) is 17.7. The highest BCUT2D eigenvalue weighted by atomic mass is 32.1. The second-order valence-electron chi connectivity index (χ2n) is 7.43. The number of halogens is 1. The lowest BCUT2D eigenvalue weighted by Gasteiger charge is -2.13.